The fourth-order valence-corrected chi connectivity index (χ4v) is 1.92. The summed E-state index contributed by atoms with van der Waals surface area (Å²) in [7, 11) is 0. The summed E-state index contributed by atoms with van der Waals surface area (Å²) in [5.41, 5.74) is 0. The minimum Gasteiger partial charge on any atom is -0.358 e. The second-order valence-corrected chi connectivity index (χ2v) is 5.32. The molecule has 0 radical (unpaired) electrons. The maximum absolute atomic E-state index is 4.04. The minimum absolute atomic E-state index is 0.491. The third-order valence-corrected chi connectivity index (χ3v) is 2.84. The van der Waals surface area contributed by atoms with Crippen LogP contribution in [0.4, 0.5) is 5.13 Å². The Balaban J connectivity index is 2.30. The Bertz CT molecular complexity index is 270. The van der Waals surface area contributed by atoms with Gasteiger partial charge in [-0.2, -0.15) is 0 Å². The molecule has 1 aromatic rings. The van der Waals surface area contributed by atoms with Crippen LogP contribution >= 0.6 is 11.3 Å². The van der Waals surface area contributed by atoms with Gasteiger partial charge in [-0.05, 0) is 32.6 Å². The normalized spacial score (nSPS) is 13.2. The van der Waals surface area contributed by atoms with Crippen LogP contribution in [0.3, 0.4) is 0 Å². The first-order chi connectivity index (χ1) is 6.58. The monoisotopic (exact) mass is 213 g/mol. The fourth-order valence-electron chi connectivity index (χ4n) is 1.22. The highest BCUT2D eigenvalue weighted by Gasteiger charge is 2.06. The van der Waals surface area contributed by atoms with E-state index in [9.17, 15) is 0 Å². The summed E-state index contributed by atoms with van der Waals surface area (Å²) in [4.78, 5) is 0. The first-order valence-electron chi connectivity index (χ1n) is 5.14. The Morgan fingerprint density at radius 1 is 1.21 bits per heavy atom. The molecular formula is C10H19N3S. The first kappa shape index (κ1) is 11.4. The summed E-state index contributed by atoms with van der Waals surface area (Å²) in [6.45, 7) is 8.67. The molecule has 0 saturated heterocycles. The molecule has 0 amide bonds. The van der Waals surface area contributed by atoms with E-state index in [2.05, 4.69) is 36.3 Å². The van der Waals surface area contributed by atoms with Gasteiger partial charge in [-0.3, -0.25) is 0 Å². The zero-order valence-corrected chi connectivity index (χ0v) is 10.2. The SMILES string of the molecule is Cc1nnc(NC(C)CCC(C)C)s1. The molecule has 14 heavy (non-hydrogen) atoms. The van der Waals surface area contributed by atoms with Gasteiger partial charge in [-0.15, -0.1) is 10.2 Å². The smallest absolute Gasteiger partial charge is 0.205 e. The number of hydrogen-bond acceptors (Lipinski definition) is 4. The number of nitrogens with one attached hydrogen (secondary N) is 1. The molecule has 0 saturated carbocycles. The molecule has 0 aliphatic heterocycles. The van der Waals surface area contributed by atoms with Crippen LogP contribution in [0.15, 0.2) is 0 Å². The van der Waals surface area contributed by atoms with Crippen molar-refractivity contribution in [1.29, 1.82) is 0 Å². The standard InChI is InChI=1S/C10H19N3S/c1-7(2)5-6-8(3)11-10-13-12-9(4)14-10/h7-8H,5-6H2,1-4H3,(H,11,13). The molecule has 1 atom stereocenters. The molecule has 80 valence electrons. The molecule has 1 rings (SSSR count). The summed E-state index contributed by atoms with van der Waals surface area (Å²) in [6.07, 6.45) is 2.45. The third kappa shape index (κ3) is 4.05. The van der Waals surface area contributed by atoms with E-state index in [0.717, 1.165) is 16.1 Å². The lowest BCUT2D eigenvalue weighted by atomic mass is 10.0. The van der Waals surface area contributed by atoms with Gasteiger partial charge in [-0.25, -0.2) is 0 Å². The van der Waals surface area contributed by atoms with Crippen molar-refractivity contribution in [2.75, 3.05) is 5.32 Å². The third-order valence-electron chi connectivity index (χ3n) is 2.07. The van der Waals surface area contributed by atoms with Crippen molar-refractivity contribution < 1.29 is 0 Å². The lowest BCUT2D eigenvalue weighted by Crippen LogP contribution is -2.15. The highest BCUT2D eigenvalue weighted by molar-refractivity contribution is 7.15. The van der Waals surface area contributed by atoms with Crippen molar-refractivity contribution in [1.82, 2.24) is 10.2 Å². The zero-order chi connectivity index (χ0) is 10.6. The van der Waals surface area contributed by atoms with Crippen LogP contribution in [0.1, 0.15) is 38.6 Å². The first-order valence-corrected chi connectivity index (χ1v) is 5.96. The number of anilines is 1. The molecule has 3 nitrogen and oxygen atoms in total. The van der Waals surface area contributed by atoms with Gasteiger partial charge in [0.15, 0.2) is 0 Å². The number of aryl methyl sites for hydroxylation is 1. The van der Waals surface area contributed by atoms with Gasteiger partial charge < -0.3 is 5.32 Å². The highest BCUT2D eigenvalue weighted by Crippen LogP contribution is 2.16. The van der Waals surface area contributed by atoms with E-state index in [1.165, 1.54) is 12.8 Å². The number of nitrogens with zero attached hydrogens (tertiary/aromatic N) is 2. The van der Waals surface area contributed by atoms with Crippen LogP contribution < -0.4 is 5.32 Å². The Labute approximate surface area is 89.9 Å². The van der Waals surface area contributed by atoms with Crippen LogP contribution in [-0.4, -0.2) is 16.2 Å². The number of aromatic nitrogens is 2. The van der Waals surface area contributed by atoms with E-state index in [0.29, 0.717) is 6.04 Å². The predicted octanol–water partition coefficient (Wildman–Crippen LogP) is 3.08. The zero-order valence-electron chi connectivity index (χ0n) is 9.37. The summed E-state index contributed by atoms with van der Waals surface area (Å²) in [6, 6.07) is 0.491. The Kier molecular flexibility index (Phi) is 4.32. The second kappa shape index (κ2) is 5.29. The fraction of sp³-hybridized carbons (Fsp3) is 0.800. The molecule has 1 heterocycles. The summed E-state index contributed by atoms with van der Waals surface area (Å²) in [5.74, 6) is 0.774. The van der Waals surface area contributed by atoms with Gasteiger partial charge in [0, 0.05) is 6.04 Å². The van der Waals surface area contributed by atoms with Gasteiger partial charge in [0.1, 0.15) is 5.01 Å². The largest absolute Gasteiger partial charge is 0.358 e. The van der Waals surface area contributed by atoms with Crippen LogP contribution in [0.5, 0.6) is 0 Å². The van der Waals surface area contributed by atoms with Gasteiger partial charge in [-0.1, -0.05) is 25.2 Å². The molecule has 0 bridgehead atoms. The van der Waals surface area contributed by atoms with Crippen molar-refractivity contribution in [2.45, 2.75) is 46.6 Å². The molecular weight excluding hydrogens is 194 g/mol. The van der Waals surface area contributed by atoms with Crippen molar-refractivity contribution in [3.8, 4) is 0 Å². The van der Waals surface area contributed by atoms with Crippen molar-refractivity contribution in [2.24, 2.45) is 5.92 Å². The molecule has 0 aliphatic carbocycles. The average molecular weight is 213 g/mol. The molecule has 0 aliphatic rings. The van der Waals surface area contributed by atoms with E-state index in [4.69, 9.17) is 0 Å². The average Bonchev–Trinajstić information content (AvgIpc) is 2.48. The molecule has 1 unspecified atom stereocenters. The van der Waals surface area contributed by atoms with Crippen LogP contribution in [0.25, 0.3) is 0 Å². The lowest BCUT2D eigenvalue weighted by molar-refractivity contribution is 0.527. The maximum Gasteiger partial charge on any atom is 0.205 e. The van der Waals surface area contributed by atoms with E-state index < -0.39 is 0 Å². The second-order valence-electron chi connectivity index (χ2n) is 4.14. The molecule has 4 heteroatoms. The molecule has 1 N–H and O–H groups in total. The van der Waals surface area contributed by atoms with Crippen molar-refractivity contribution in [3.63, 3.8) is 0 Å². The van der Waals surface area contributed by atoms with E-state index in [1.54, 1.807) is 11.3 Å². The van der Waals surface area contributed by atoms with Gasteiger partial charge in [0.2, 0.25) is 5.13 Å². The summed E-state index contributed by atoms with van der Waals surface area (Å²) >= 11 is 1.62. The van der Waals surface area contributed by atoms with Crippen molar-refractivity contribution in [3.05, 3.63) is 5.01 Å². The molecule has 1 aromatic heterocycles. The lowest BCUT2D eigenvalue weighted by Gasteiger charge is -2.13. The van der Waals surface area contributed by atoms with E-state index in [1.807, 2.05) is 6.92 Å². The highest BCUT2D eigenvalue weighted by atomic mass is 32.1. The van der Waals surface area contributed by atoms with E-state index in [-0.39, 0.29) is 0 Å². The van der Waals surface area contributed by atoms with E-state index >= 15 is 0 Å². The van der Waals surface area contributed by atoms with Gasteiger partial charge in [0.05, 0.1) is 0 Å². The molecule has 0 fully saturated rings. The Morgan fingerprint density at radius 3 is 2.43 bits per heavy atom. The topological polar surface area (TPSA) is 37.8 Å². The van der Waals surface area contributed by atoms with Gasteiger partial charge in [0.25, 0.3) is 0 Å². The Hall–Kier alpha value is -0.640. The van der Waals surface area contributed by atoms with Crippen LogP contribution in [0.2, 0.25) is 0 Å². The Morgan fingerprint density at radius 2 is 1.93 bits per heavy atom. The molecule has 0 spiro atoms. The van der Waals surface area contributed by atoms with Gasteiger partial charge >= 0.3 is 0 Å². The van der Waals surface area contributed by atoms with Crippen molar-refractivity contribution >= 4 is 16.5 Å². The quantitative estimate of drug-likeness (QED) is 0.816. The number of rotatable bonds is 5. The minimum atomic E-state index is 0.491. The summed E-state index contributed by atoms with van der Waals surface area (Å²) < 4.78 is 0. The van der Waals surface area contributed by atoms with Crippen LogP contribution in [0, 0.1) is 12.8 Å². The maximum atomic E-state index is 4.04. The summed E-state index contributed by atoms with van der Waals surface area (Å²) in [5, 5.41) is 13.3. The van der Waals surface area contributed by atoms with Crippen LogP contribution in [-0.2, 0) is 0 Å². The number of hydrogen-bond donors (Lipinski definition) is 1. The predicted molar refractivity (Wildman–Crippen MR) is 61.8 cm³/mol. The molecule has 0 aromatic carbocycles.